The van der Waals surface area contributed by atoms with Crippen LogP contribution in [-0.2, 0) is 0 Å². The fraction of sp³-hybridized carbons (Fsp3) is 0.818. The van der Waals surface area contributed by atoms with Gasteiger partial charge in [-0.05, 0) is 32.1 Å². The maximum Gasteiger partial charge on any atom is 0.346 e. The average molecular weight is 207 g/mol. The van der Waals surface area contributed by atoms with E-state index in [1.165, 1.54) is 12.8 Å². The second-order valence-corrected chi connectivity index (χ2v) is 5.30. The first-order valence-electron chi connectivity index (χ1n) is 5.79. The molecule has 2 amide bonds. The largest absolute Gasteiger partial charge is 0.385 e. The van der Waals surface area contributed by atoms with E-state index in [4.69, 9.17) is 5.73 Å². The SMILES string of the molecule is CC1(CC2CC2)C(N)=NC(=O)N1C1CC1. The van der Waals surface area contributed by atoms with Crippen molar-refractivity contribution in [3.63, 3.8) is 0 Å². The number of nitrogens with two attached hydrogens (primary N) is 1. The predicted octanol–water partition coefficient (Wildman–Crippen LogP) is 1.50. The lowest BCUT2D eigenvalue weighted by molar-refractivity contribution is 0.165. The molecule has 2 saturated carbocycles. The summed E-state index contributed by atoms with van der Waals surface area (Å²) in [5, 5.41) is 0. The molecule has 2 N–H and O–H groups in total. The average Bonchev–Trinajstić information content (AvgIpc) is 2.97. The van der Waals surface area contributed by atoms with E-state index < -0.39 is 0 Å². The first kappa shape index (κ1) is 9.19. The Morgan fingerprint density at radius 2 is 2.13 bits per heavy atom. The normalized spacial score (nSPS) is 35.9. The lowest BCUT2D eigenvalue weighted by atomic mass is 9.92. The Kier molecular flexibility index (Phi) is 1.68. The van der Waals surface area contributed by atoms with Gasteiger partial charge >= 0.3 is 6.03 Å². The summed E-state index contributed by atoms with van der Waals surface area (Å²) in [6.45, 7) is 2.08. The van der Waals surface area contributed by atoms with Gasteiger partial charge in [0.25, 0.3) is 0 Å². The fourth-order valence-electron chi connectivity index (χ4n) is 2.59. The van der Waals surface area contributed by atoms with Crippen molar-refractivity contribution in [2.75, 3.05) is 0 Å². The number of nitrogens with zero attached hydrogens (tertiary/aromatic N) is 2. The van der Waals surface area contributed by atoms with Crippen LogP contribution in [0.3, 0.4) is 0 Å². The third-order valence-electron chi connectivity index (χ3n) is 3.80. The van der Waals surface area contributed by atoms with Crippen LogP contribution in [0.4, 0.5) is 4.79 Å². The molecular weight excluding hydrogens is 190 g/mol. The van der Waals surface area contributed by atoms with Crippen molar-refractivity contribution in [1.82, 2.24) is 4.90 Å². The van der Waals surface area contributed by atoms with Crippen LogP contribution < -0.4 is 5.73 Å². The Morgan fingerprint density at radius 3 is 2.67 bits per heavy atom. The number of carbonyl (C=O) groups is 1. The molecule has 1 atom stereocenters. The zero-order chi connectivity index (χ0) is 10.6. The minimum Gasteiger partial charge on any atom is -0.385 e. The van der Waals surface area contributed by atoms with Crippen LogP contribution in [0.1, 0.15) is 39.0 Å². The number of carbonyl (C=O) groups excluding carboxylic acids is 1. The van der Waals surface area contributed by atoms with Gasteiger partial charge in [0, 0.05) is 6.04 Å². The number of hydrogen-bond acceptors (Lipinski definition) is 2. The van der Waals surface area contributed by atoms with Crippen molar-refractivity contribution in [1.29, 1.82) is 0 Å². The Hall–Kier alpha value is -1.06. The number of amidine groups is 1. The van der Waals surface area contributed by atoms with Crippen molar-refractivity contribution >= 4 is 11.9 Å². The van der Waals surface area contributed by atoms with Gasteiger partial charge in [0.1, 0.15) is 5.84 Å². The maximum absolute atomic E-state index is 11.7. The summed E-state index contributed by atoms with van der Waals surface area (Å²) >= 11 is 0. The van der Waals surface area contributed by atoms with E-state index in [0.717, 1.165) is 25.2 Å². The molecule has 1 aliphatic heterocycles. The van der Waals surface area contributed by atoms with Crippen LogP contribution in [-0.4, -0.2) is 28.3 Å². The topological polar surface area (TPSA) is 58.7 Å². The van der Waals surface area contributed by atoms with Gasteiger partial charge in [0.05, 0.1) is 5.54 Å². The Bertz CT molecular complexity index is 344. The molecule has 15 heavy (non-hydrogen) atoms. The van der Waals surface area contributed by atoms with Crippen LogP contribution in [0, 0.1) is 5.92 Å². The summed E-state index contributed by atoms with van der Waals surface area (Å²) in [6, 6.07) is 0.296. The number of amides is 2. The van der Waals surface area contributed by atoms with Crippen molar-refractivity contribution < 1.29 is 4.79 Å². The van der Waals surface area contributed by atoms with Gasteiger partial charge in [-0.3, -0.25) is 0 Å². The first-order chi connectivity index (χ1) is 7.11. The van der Waals surface area contributed by atoms with E-state index in [0.29, 0.717) is 11.9 Å². The van der Waals surface area contributed by atoms with Gasteiger partial charge in [0.15, 0.2) is 0 Å². The van der Waals surface area contributed by atoms with Gasteiger partial charge < -0.3 is 10.6 Å². The van der Waals surface area contributed by atoms with Crippen molar-refractivity contribution in [2.24, 2.45) is 16.6 Å². The monoisotopic (exact) mass is 207 g/mol. The lowest BCUT2D eigenvalue weighted by Crippen LogP contribution is -2.53. The standard InChI is InChI=1S/C11H17N3O/c1-11(6-7-2-3-7)9(12)13-10(15)14(11)8-4-5-8/h7-8H,2-6H2,1H3,(H2,12,13,15). The molecule has 0 saturated heterocycles. The molecule has 1 unspecified atom stereocenters. The molecule has 4 nitrogen and oxygen atoms in total. The summed E-state index contributed by atoms with van der Waals surface area (Å²) in [4.78, 5) is 17.6. The molecule has 0 aromatic rings. The zero-order valence-corrected chi connectivity index (χ0v) is 9.07. The van der Waals surface area contributed by atoms with Crippen LogP contribution in [0.25, 0.3) is 0 Å². The zero-order valence-electron chi connectivity index (χ0n) is 9.07. The smallest absolute Gasteiger partial charge is 0.346 e. The van der Waals surface area contributed by atoms with Crippen LogP contribution >= 0.6 is 0 Å². The predicted molar refractivity (Wildman–Crippen MR) is 57.6 cm³/mol. The highest BCUT2D eigenvalue weighted by atomic mass is 16.2. The van der Waals surface area contributed by atoms with Crippen LogP contribution in [0.15, 0.2) is 4.99 Å². The highest BCUT2D eigenvalue weighted by Gasteiger charge is 2.52. The number of urea groups is 1. The summed E-state index contributed by atoms with van der Waals surface area (Å²) < 4.78 is 0. The Morgan fingerprint density at radius 1 is 1.47 bits per heavy atom. The number of aliphatic imine (C=N–C) groups is 1. The van der Waals surface area contributed by atoms with E-state index in [2.05, 4.69) is 11.9 Å². The third kappa shape index (κ3) is 1.34. The molecule has 3 aliphatic rings. The molecule has 82 valence electrons. The Balaban J connectivity index is 1.87. The third-order valence-corrected chi connectivity index (χ3v) is 3.80. The maximum atomic E-state index is 11.7. The van der Waals surface area contributed by atoms with Gasteiger partial charge in [0.2, 0.25) is 0 Å². The van der Waals surface area contributed by atoms with E-state index in [1.807, 2.05) is 4.90 Å². The lowest BCUT2D eigenvalue weighted by Gasteiger charge is -2.35. The van der Waals surface area contributed by atoms with Crippen molar-refractivity contribution in [3.05, 3.63) is 0 Å². The molecule has 0 aromatic carbocycles. The molecule has 0 bridgehead atoms. The molecule has 0 aromatic heterocycles. The second kappa shape index (κ2) is 2.74. The van der Waals surface area contributed by atoms with E-state index in [1.54, 1.807) is 0 Å². The molecule has 0 spiro atoms. The quantitative estimate of drug-likeness (QED) is 0.762. The van der Waals surface area contributed by atoms with Crippen LogP contribution in [0.5, 0.6) is 0 Å². The van der Waals surface area contributed by atoms with Crippen LogP contribution in [0.2, 0.25) is 0 Å². The summed E-state index contributed by atoms with van der Waals surface area (Å²) in [5.74, 6) is 1.29. The highest BCUT2D eigenvalue weighted by molar-refractivity contribution is 6.05. The molecule has 2 fully saturated rings. The summed E-state index contributed by atoms with van der Waals surface area (Å²) in [5.41, 5.74) is 5.64. The summed E-state index contributed by atoms with van der Waals surface area (Å²) in [6.07, 6.45) is 5.82. The van der Waals surface area contributed by atoms with Gasteiger partial charge in [-0.1, -0.05) is 12.8 Å². The van der Waals surface area contributed by atoms with Gasteiger partial charge in [-0.15, -0.1) is 0 Å². The Labute approximate surface area is 89.5 Å². The van der Waals surface area contributed by atoms with E-state index >= 15 is 0 Å². The van der Waals surface area contributed by atoms with Gasteiger partial charge in [-0.2, -0.15) is 4.99 Å². The minimum absolute atomic E-state index is 0.113. The number of rotatable bonds is 3. The molecule has 2 aliphatic carbocycles. The summed E-state index contributed by atoms with van der Waals surface area (Å²) in [7, 11) is 0. The highest BCUT2D eigenvalue weighted by Crippen LogP contribution is 2.44. The van der Waals surface area contributed by atoms with Crippen molar-refractivity contribution in [3.8, 4) is 0 Å². The molecule has 4 heteroatoms. The molecule has 3 rings (SSSR count). The minimum atomic E-state index is -0.278. The van der Waals surface area contributed by atoms with E-state index in [9.17, 15) is 4.79 Å². The van der Waals surface area contributed by atoms with Gasteiger partial charge in [-0.25, -0.2) is 4.79 Å². The first-order valence-corrected chi connectivity index (χ1v) is 5.79. The second-order valence-electron chi connectivity index (χ2n) is 5.30. The molecular formula is C11H17N3O. The van der Waals surface area contributed by atoms with E-state index in [-0.39, 0.29) is 11.6 Å². The van der Waals surface area contributed by atoms with Crippen molar-refractivity contribution in [2.45, 2.75) is 50.6 Å². The molecule has 0 radical (unpaired) electrons. The fourth-order valence-corrected chi connectivity index (χ4v) is 2.59. The molecule has 1 heterocycles. The number of hydrogen-bond donors (Lipinski definition) is 1.